The Morgan fingerprint density at radius 3 is 0.865 bits per heavy atom. The van der Waals surface area contributed by atoms with Crippen molar-refractivity contribution in [2.75, 3.05) is 0 Å². The first-order valence-electron chi connectivity index (χ1n) is 12.3. The van der Waals surface area contributed by atoms with Crippen molar-refractivity contribution in [3.63, 3.8) is 0 Å². The van der Waals surface area contributed by atoms with Gasteiger partial charge >= 0.3 is 27.0 Å². The molecule has 4 heteroatoms. The maximum absolute atomic E-state index is 4.57. The Hall–Kier alpha value is -1.87. The summed E-state index contributed by atoms with van der Waals surface area (Å²) in [5, 5.41) is 5.87. The molecule has 0 saturated heterocycles. The molecule has 1 aliphatic carbocycles. The monoisotopic (exact) mass is 628 g/mol. The topological polar surface area (TPSA) is 0 Å². The predicted molar refractivity (Wildman–Crippen MR) is 166 cm³/mol. The van der Waals surface area contributed by atoms with Gasteiger partial charge in [-0.2, -0.15) is 0 Å². The van der Waals surface area contributed by atoms with Gasteiger partial charge in [-0.3, -0.25) is 0 Å². The van der Waals surface area contributed by atoms with Crippen LogP contribution >= 0.6 is 25.5 Å². The van der Waals surface area contributed by atoms with Gasteiger partial charge in [0.1, 0.15) is 0 Å². The molecule has 4 aromatic rings. The summed E-state index contributed by atoms with van der Waals surface area (Å²) in [6.07, 6.45) is 10.0. The van der Waals surface area contributed by atoms with Crippen molar-refractivity contribution >= 4 is 46.8 Å². The second-order valence-corrected chi connectivity index (χ2v) is 13.7. The maximum atomic E-state index is 4.57. The van der Waals surface area contributed by atoms with Crippen LogP contribution in [0.25, 0.3) is 0 Å². The van der Waals surface area contributed by atoms with Crippen LogP contribution in [0.15, 0.2) is 146 Å². The van der Waals surface area contributed by atoms with Crippen LogP contribution in [0.4, 0.5) is 0 Å². The second kappa shape index (κ2) is 16.9. The normalized spacial score (nSPS) is 13.4. The van der Waals surface area contributed by atoms with Crippen LogP contribution in [-0.4, -0.2) is 11.3 Å². The number of allylic oxidation sites excluding steroid dienone is 4. The molecule has 4 aromatic carbocycles. The van der Waals surface area contributed by atoms with E-state index in [1.807, 2.05) is 48.0 Å². The first-order valence-corrected chi connectivity index (χ1v) is 17.4. The van der Waals surface area contributed by atoms with Crippen molar-refractivity contribution in [3.8, 4) is 0 Å². The Bertz CT molecular complexity index is 1020. The third kappa shape index (κ3) is 8.84. The molecule has 37 heavy (non-hydrogen) atoms. The van der Waals surface area contributed by atoms with Crippen LogP contribution in [0.2, 0.25) is 0 Å². The van der Waals surface area contributed by atoms with E-state index < -0.39 is 15.8 Å². The second-order valence-electron chi connectivity index (χ2n) is 8.53. The van der Waals surface area contributed by atoms with E-state index in [4.69, 9.17) is 0 Å². The third-order valence-electron chi connectivity index (χ3n) is 6.21. The Labute approximate surface area is 240 Å². The summed E-state index contributed by atoms with van der Waals surface area (Å²) in [4.78, 5) is 0. The van der Waals surface area contributed by atoms with Gasteiger partial charge in [0.15, 0.2) is 0 Å². The van der Waals surface area contributed by atoms with Crippen LogP contribution in [0, 0.1) is 6.42 Å². The molecule has 1 aliphatic rings. The van der Waals surface area contributed by atoms with E-state index in [1.165, 1.54) is 21.2 Å². The third-order valence-corrected chi connectivity index (χ3v) is 12.4. The van der Waals surface area contributed by atoms with E-state index in [9.17, 15) is 0 Å². The van der Waals surface area contributed by atoms with Crippen LogP contribution in [0.5, 0.6) is 0 Å². The van der Waals surface area contributed by atoms with Gasteiger partial charge in [-0.05, 0) is 48.4 Å². The average molecular weight is 628 g/mol. The summed E-state index contributed by atoms with van der Waals surface area (Å²) in [6, 6.07) is 44.5. The average Bonchev–Trinajstić information content (AvgIpc) is 3.57. The number of rotatable bonds is 7. The summed E-state index contributed by atoms with van der Waals surface area (Å²) in [5.41, 5.74) is 1.10. The molecule has 1 radical (unpaired) electrons. The molecule has 0 N–H and O–H groups in total. The molecule has 0 nitrogen and oxygen atoms in total. The van der Waals surface area contributed by atoms with Gasteiger partial charge in [0, 0.05) is 6.42 Å². The van der Waals surface area contributed by atoms with Crippen molar-refractivity contribution in [2.45, 2.75) is 25.2 Å². The van der Waals surface area contributed by atoms with Gasteiger partial charge in [-0.1, -0.05) is 159 Å². The molecule has 2 atom stereocenters. The SMILES string of the molecule is C[C@@H]([C@H](C)P(c1ccccc1)c1ccccc1)P(c1ccccc1)c1ccccc1.[CH]1C=CC=C1.[Cl][Ru]. The zero-order valence-electron chi connectivity index (χ0n) is 21.2. The van der Waals surface area contributed by atoms with Gasteiger partial charge in [0.2, 0.25) is 0 Å². The summed E-state index contributed by atoms with van der Waals surface area (Å²) in [7, 11) is 3.67. The summed E-state index contributed by atoms with van der Waals surface area (Å²) >= 11 is 1.82. The van der Waals surface area contributed by atoms with Crippen LogP contribution in [0.3, 0.4) is 0 Å². The molecular formula is C33H33ClP2Ru. The van der Waals surface area contributed by atoms with Crippen molar-refractivity contribution < 1.29 is 17.3 Å². The number of hydrogen-bond donors (Lipinski definition) is 0. The Kier molecular flexibility index (Phi) is 13.5. The van der Waals surface area contributed by atoms with Crippen molar-refractivity contribution in [1.82, 2.24) is 0 Å². The summed E-state index contributed by atoms with van der Waals surface area (Å²) < 4.78 is 0. The predicted octanol–water partition coefficient (Wildman–Crippen LogP) is 8.03. The zero-order chi connectivity index (χ0) is 26.3. The van der Waals surface area contributed by atoms with E-state index >= 15 is 0 Å². The Balaban J connectivity index is 0.000000478. The minimum absolute atomic E-state index is 0.448. The molecule has 0 fully saturated rings. The molecule has 0 spiro atoms. The van der Waals surface area contributed by atoms with E-state index in [-0.39, 0.29) is 0 Å². The van der Waals surface area contributed by atoms with Crippen molar-refractivity contribution in [1.29, 1.82) is 0 Å². The zero-order valence-corrected chi connectivity index (χ0v) is 25.5. The van der Waals surface area contributed by atoms with Crippen LogP contribution in [-0.2, 0) is 17.3 Å². The molecule has 0 unspecified atom stereocenters. The first-order chi connectivity index (χ1) is 18.3. The van der Waals surface area contributed by atoms with Crippen LogP contribution in [0.1, 0.15) is 13.8 Å². The summed E-state index contributed by atoms with van der Waals surface area (Å²) in [6.45, 7) is 4.94. The van der Waals surface area contributed by atoms with E-state index in [2.05, 4.69) is 145 Å². The first kappa shape index (κ1) is 29.7. The molecule has 0 aliphatic heterocycles. The van der Waals surface area contributed by atoms with E-state index in [0.717, 1.165) is 0 Å². The quantitative estimate of drug-likeness (QED) is 0.144. The Morgan fingerprint density at radius 1 is 0.432 bits per heavy atom. The standard InChI is InChI=1S/C28H28P2.C5H5.ClH.Ru/c1-23(29(25-15-7-3-8-16-25)26-17-9-4-10-18-26)24(2)30(27-19-11-5-12-20-27)28-21-13-6-14-22-28;1-2-4-5-3-1;;/h3-24H,1-2H3;1-5H;1H;/q;;;+1/p-1/t23-,24-;;;/m0.../s1. The fraction of sp³-hybridized carbons (Fsp3) is 0.121. The van der Waals surface area contributed by atoms with Gasteiger partial charge in [0.25, 0.3) is 0 Å². The molecule has 0 amide bonds. The van der Waals surface area contributed by atoms with Gasteiger partial charge in [0.05, 0.1) is 0 Å². The van der Waals surface area contributed by atoms with Crippen molar-refractivity contribution in [3.05, 3.63) is 152 Å². The number of halogens is 1. The molecule has 0 saturated carbocycles. The van der Waals surface area contributed by atoms with Gasteiger partial charge in [-0.25, -0.2) is 0 Å². The number of hydrogen-bond acceptors (Lipinski definition) is 0. The van der Waals surface area contributed by atoms with Gasteiger partial charge < -0.3 is 0 Å². The molecule has 190 valence electrons. The summed E-state index contributed by atoms with van der Waals surface area (Å²) in [5.74, 6) is 0. The molecule has 5 rings (SSSR count). The van der Waals surface area contributed by atoms with Crippen molar-refractivity contribution in [2.24, 2.45) is 0 Å². The fourth-order valence-electron chi connectivity index (χ4n) is 4.35. The number of benzene rings is 4. The molecule has 0 bridgehead atoms. The molecule has 0 heterocycles. The van der Waals surface area contributed by atoms with Gasteiger partial charge in [-0.15, -0.1) is 0 Å². The molecular weight excluding hydrogens is 595 g/mol. The van der Waals surface area contributed by atoms with Crippen LogP contribution < -0.4 is 21.2 Å². The van der Waals surface area contributed by atoms with E-state index in [0.29, 0.717) is 11.3 Å². The fourth-order valence-corrected chi connectivity index (χ4v) is 10.5. The Morgan fingerprint density at radius 2 is 0.676 bits per heavy atom. The minimum atomic E-state index is -0.448. The van der Waals surface area contributed by atoms with E-state index in [1.54, 1.807) is 0 Å². The molecule has 0 aromatic heterocycles.